The van der Waals surface area contributed by atoms with E-state index in [1.807, 2.05) is 12.1 Å². The Balaban J connectivity index is 1.66. The van der Waals surface area contributed by atoms with Gasteiger partial charge in [0.2, 0.25) is 0 Å². The van der Waals surface area contributed by atoms with Gasteiger partial charge in [0.1, 0.15) is 0 Å². The highest BCUT2D eigenvalue weighted by Gasteiger charge is 2.17. The van der Waals surface area contributed by atoms with E-state index in [-0.39, 0.29) is 5.56 Å². The molecule has 6 nitrogen and oxygen atoms in total. The van der Waals surface area contributed by atoms with Crippen LogP contribution >= 0.6 is 12.2 Å². The first-order valence-corrected chi connectivity index (χ1v) is 9.56. The Hall–Kier alpha value is -1.70. The molecule has 134 valence electrons. The average Bonchev–Trinajstić information content (AvgIpc) is 3.15. The van der Waals surface area contributed by atoms with Crippen LogP contribution in [0, 0.1) is 4.77 Å². The topological polar surface area (TPSA) is 54.7 Å². The van der Waals surface area contributed by atoms with Crippen molar-refractivity contribution in [3.8, 4) is 0 Å². The summed E-state index contributed by atoms with van der Waals surface area (Å²) in [6.45, 7) is 7.26. The second-order valence-corrected chi connectivity index (χ2v) is 7.31. The van der Waals surface area contributed by atoms with Crippen LogP contribution in [0.2, 0.25) is 0 Å². The van der Waals surface area contributed by atoms with Crippen molar-refractivity contribution in [2.24, 2.45) is 0 Å². The number of rotatable bonds is 4. The quantitative estimate of drug-likeness (QED) is 0.782. The van der Waals surface area contributed by atoms with Crippen LogP contribution in [0.25, 0.3) is 10.9 Å². The maximum atomic E-state index is 13.0. The lowest BCUT2D eigenvalue weighted by Crippen LogP contribution is -3.10. The van der Waals surface area contributed by atoms with Crippen LogP contribution in [-0.2, 0) is 11.3 Å². The molecule has 1 aromatic heterocycles. The summed E-state index contributed by atoms with van der Waals surface area (Å²) < 4.78 is 7.67. The number of anilines is 1. The fourth-order valence-corrected chi connectivity index (χ4v) is 4.14. The zero-order valence-electron chi connectivity index (χ0n) is 14.4. The van der Waals surface area contributed by atoms with E-state index in [4.69, 9.17) is 17.0 Å². The van der Waals surface area contributed by atoms with Crippen LogP contribution in [-0.4, -0.2) is 55.5 Å². The number of benzene rings is 1. The molecule has 0 aliphatic carbocycles. The molecule has 2 N–H and O–H groups in total. The first-order valence-electron chi connectivity index (χ1n) is 9.15. The fraction of sp³-hybridized carbons (Fsp3) is 0.556. The molecule has 0 radical (unpaired) electrons. The predicted octanol–water partition coefficient (Wildman–Crippen LogP) is 0.574. The van der Waals surface area contributed by atoms with Crippen molar-refractivity contribution in [3.05, 3.63) is 33.3 Å². The van der Waals surface area contributed by atoms with E-state index < -0.39 is 0 Å². The maximum Gasteiger partial charge on any atom is 0.262 e. The van der Waals surface area contributed by atoms with Crippen LogP contribution < -0.4 is 15.4 Å². The molecule has 2 aromatic rings. The molecule has 2 aliphatic heterocycles. The SMILES string of the molecule is O=c1c2cc(N3CCOCC3)ccc2[nH]c(=S)n1CC[NH+]1CCCC1. The number of ether oxygens (including phenoxy) is 1. The standard InChI is InChI=1S/C18H24N4O2S/c23-17-15-13-14(21-9-11-24-12-10-21)3-4-16(15)19-18(25)22(17)8-7-20-5-1-2-6-20/h3-4,13H,1-2,5-12H2,(H,19,25)/p+1. The zero-order valence-corrected chi connectivity index (χ0v) is 15.2. The summed E-state index contributed by atoms with van der Waals surface area (Å²) in [7, 11) is 0. The molecule has 0 spiro atoms. The number of morpholine rings is 1. The van der Waals surface area contributed by atoms with Crippen LogP contribution in [0.3, 0.4) is 0 Å². The van der Waals surface area contributed by atoms with Crippen molar-refractivity contribution in [3.63, 3.8) is 0 Å². The summed E-state index contributed by atoms with van der Waals surface area (Å²) in [6.07, 6.45) is 2.58. The molecule has 4 rings (SSSR count). The van der Waals surface area contributed by atoms with Crippen molar-refractivity contribution in [1.82, 2.24) is 9.55 Å². The molecule has 0 amide bonds. The molecule has 1 aromatic carbocycles. The minimum absolute atomic E-state index is 0.0208. The number of fused-ring (bicyclic) bond motifs is 1. The molecule has 25 heavy (non-hydrogen) atoms. The number of hydrogen-bond donors (Lipinski definition) is 2. The zero-order chi connectivity index (χ0) is 17.2. The second-order valence-electron chi connectivity index (χ2n) is 6.92. The molecule has 3 heterocycles. The molecule has 0 atom stereocenters. The molecule has 0 bridgehead atoms. The molecule has 0 unspecified atom stereocenters. The summed E-state index contributed by atoms with van der Waals surface area (Å²) >= 11 is 5.44. The van der Waals surface area contributed by atoms with E-state index in [2.05, 4.69) is 16.0 Å². The Morgan fingerprint density at radius 1 is 1.20 bits per heavy atom. The number of aromatic nitrogens is 2. The summed E-state index contributed by atoms with van der Waals surface area (Å²) in [5, 5.41) is 0.717. The molecular formula is C18H25N4O2S+. The molecular weight excluding hydrogens is 336 g/mol. The van der Waals surface area contributed by atoms with Gasteiger partial charge in [-0.15, -0.1) is 0 Å². The smallest absolute Gasteiger partial charge is 0.262 e. The van der Waals surface area contributed by atoms with Crippen molar-refractivity contribution < 1.29 is 9.64 Å². The monoisotopic (exact) mass is 361 g/mol. The number of quaternary nitrogens is 1. The van der Waals surface area contributed by atoms with E-state index in [1.54, 1.807) is 9.47 Å². The number of H-pyrrole nitrogens is 1. The van der Waals surface area contributed by atoms with Gasteiger partial charge in [-0.25, -0.2) is 0 Å². The number of likely N-dealkylation sites (tertiary alicyclic amines) is 1. The highest BCUT2D eigenvalue weighted by atomic mass is 32.1. The van der Waals surface area contributed by atoms with Gasteiger partial charge in [-0.1, -0.05) is 0 Å². The summed E-state index contributed by atoms with van der Waals surface area (Å²) in [5.41, 5.74) is 1.92. The number of nitrogens with one attached hydrogen (secondary N) is 2. The number of nitrogens with zero attached hydrogens (tertiary/aromatic N) is 2. The fourth-order valence-electron chi connectivity index (χ4n) is 3.85. The largest absolute Gasteiger partial charge is 0.378 e. The van der Waals surface area contributed by atoms with E-state index in [9.17, 15) is 4.79 Å². The number of hydrogen-bond acceptors (Lipinski definition) is 4. The van der Waals surface area contributed by atoms with Crippen LogP contribution in [0.15, 0.2) is 23.0 Å². The van der Waals surface area contributed by atoms with Gasteiger partial charge in [-0.05, 0) is 30.4 Å². The van der Waals surface area contributed by atoms with Gasteiger partial charge in [0.25, 0.3) is 5.56 Å². The van der Waals surface area contributed by atoms with E-state index in [0.29, 0.717) is 16.7 Å². The first-order chi connectivity index (χ1) is 12.2. The highest BCUT2D eigenvalue weighted by molar-refractivity contribution is 7.71. The van der Waals surface area contributed by atoms with Crippen molar-refractivity contribution in [1.29, 1.82) is 0 Å². The molecule has 2 aliphatic rings. The summed E-state index contributed by atoms with van der Waals surface area (Å²) in [4.78, 5) is 20.1. The van der Waals surface area contributed by atoms with Gasteiger partial charge in [0, 0.05) is 31.6 Å². The Labute approximate surface area is 152 Å². The average molecular weight is 361 g/mol. The van der Waals surface area contributed by atoms with Crippen LogP contribution in [0.5, 0.6) is 0 Å². The summed E-state index contributed by atoms with van der Waals surface area (Å²) in [6, 6.07) is 6.01. The maximum absolute atomic E-state index is 13.0. The lowest BCUT2D eigenvalue weighted by Gasteiger charge is -2.29. The predicted molar refractivity (Wildman–Crippen MR) is 101 cm³/mol. The second kappa shape index (κ2) is 7.27. The Bertz CT molecular complexity index is 863. The van der Waals surface area contributed by atoms with Gasteiger partial charge >= 0.3 is 0 Å². The third-order valence-electron chi connectivity index (χ3n) is 5.34. The van der Waals surface area contributed by atoms with Gasteiger partial charge < -0.3 is 19.5 Å². The molecule has 7 heteroatoms. The third-order valence-corrected chi connectivity index (χ3v) is 5.66. The highest BCUT2D eigenvalue weighted by Crippen LogP contribution is 2.20. The normalized spacial score (nSPS) is 19.0. The molecule has 2 saturated heterocycles. The van der Waals surface area contributed by atoms with Crippen molar-refractivity contribution in [2.45, 2.75) is 19.4 Å². The van der Waals surface area contributed by atoms with Gasteiger partial charge in [0.05, 0.1) is 50.3 Å². The molecule has 2 fully saturated rings. The van der Waals surface area contributed by atoms with Crippen molar-refractivity contribution >= 4 is 28.8 Å². The number of aromatic amines is 1. The first kappa shape index (κ1) is 16.8. The van der Waals surface area contributed by atoms with Crippen LogP contribution in [0.1, 0.15) is 12.8 Å². The van der Waals surface area contributed by atoms with Crippen LogP contribution in [0.4, 0.5) is 5.69 Å². The Morgan fingerprint density at radius 2 is 1.96 bits per heavy atom. The minimum Gasteiger partial charge on any atom is -0.378 e. The third kappa shape index (κ3) is 3.49. The van der Waals surface area contributed by atoms with Gasteiger partial charge in [0.15, 0.2) is 4.77 Å². The summed E-state index contributed by atoms with van der Waals surface area (Å²) in [5.74, 6) is 0. The van der Waals surface area contributed by atoms with Crippen molar-refractivity contribution in [2.75, 3.05) is 50.8 Å². The van der Waals surface area contributed by atoms with Gasteiger partial charge in [-0.3, -0.25) is 9.36 Å². The Kier molecular flexibility index (Phi) is 4.87. The lowest BCUT2D eigenvalue weighted by molar-refractivity contribution is -0.888. The van der Waals surface area contributed by atoms with Gasteiger partial charge in [-0.2, -0.15) is 0 Å². The van der Waals surface area contributed by atoms with E-state index >= 15 is 0 Å². The Morgan fingerprint density at radius 3 is 2.72 bits per heavy atom. The minimum atomic E-state index is 0.0208. The lowest BCUT2D eigenvalue weighted by atomic mass is 10.2. The molecule has 0 saturated carbocycles. The van der Waals surface area contributed by atoms with E-state index in [1.165, 1.54) is 25.9 Å². The van der Waals surface area contributed by atoms with E-state index in [0.717, 1.165) is 44.1 Å².